The standard InChI is InChI=1S/C17H23NO2/c1-2-13-5-7-14(8-6-13)10-18-11-15-4-3-9-17(15,12-18)16(19)20/h5-8,15H,2-4,9-12H2,1H3,(H,19,20)/t15-,17+/m0/s1. The van der Waals surface area contributed by atoms with E-state index in [9.17, 15) is 9.90 Å². The molecule has 1 saturated heterocycles. The van der Waals surface area contributed by atoms with E-state index in [1.165, 1.54) is 11.1 Å². The molecule has 20 heavy (non-hydrogen) atoms. The minimum absolute atomic E-state index is 0.356. The number of fused-ring (bicyclic) bond motifs is 1. The Hall–Kier alpha value is -1.35. The van der Waals surface area contributed by atoms with Gasteiger partial charge in [0.1, 0.15) is 0 Å². The van der Waals surface area contributed by atoms with Gasteiger partial charge in [-0.3, -0.25) is 9.69 Å². The van der Waals surface area contributed by atoms with E-state index in [1.807, 2.05) is 0 Å². The van der Waals surface area contributed by atoms with Crippen LogP contribution in [0.4, 0.5) is 0 Å². The number of aliphatic carboxylic acids is 1. The predicted octanol–water partition coefficient (Wildman–Crippen LogP) is 2.94. The molecule has 0 aromatic heterocycles. The fraction of sp³-hybridized carbons (Fsp3) is 0.588. The maximum atomic E-state index is 11.7. The molecule has 2 aliphatic rings. The molecule has 3 heteroatoms. The summed E-state index contributed by atoms with van der Waals surface area (Å²) in [6, 6.07) is 8.72. The van der Waals surface area contributed by atoms with Crippen LogP contribution in [0.3, 0.4) is 0 Å². The van der Waals surface area contributed by atoms with Gasteiger partial charge in [0.15, 0.2) is 0 Å². The van der Waals surface area contributed by atoms with Gasteiger partial charge >= 0.3 is 5.97 Å². The van der Waals surface area contributed by atoms with Crippen molar-refractivity contribution in [2.75, 3.05) is 13.1 Å². The second-order valence-electron chi connectivity index (χ2n) is 6.39. The summed E-state index contributed by atoms with van der Waals surface area (Å²) in [5, 5.41) is 9.60. The number of hydrogen-bond donors (Lipinski definition) is 1. The minimum Gasteiger partial charge on any atom is -0.481 e. The first-order valence-electron chi connectivity index (χ1n) is 7.67. The molecule has 3 rings (SSSR count). The van der Waals surface area contributed by atoms with E-state index >= 15 is 0 Å². The number of hydrogen-bond acceptors (Lipinski definition) is 2. The molecule has 2 atom stereocenters. The molecule has 1 aromatic rings. The Balaban J connectivity index is 1.69. The molecule has 1 saturated carbocycles. The average molecular weight is 273 g/mol. The van der Waals surface area contributed by atoms with Crippen LogP contribution in [0.25, 0.3) is 0 Å². The first-order valence-corrected chi connectivity index (χ1v) is 7.67. The van der Waals surface area contributed by atoms with Gasteiger partial charge in [-0.25, -0.2) is 0 Å². The SMILES string of the molecule is CCc1ccc(CN2C[C@@H]3CCC[C@@]3(C(=O)O)C2)cc1. The van der Waals surface area contributed by atoms with Crippen LogP contribution in [0.1, 0.15) is 37.3 Å². The summed E-state index contributed by atoms with van der Waals surface area (Å²) in [6.45, 7) is 4.72. The van der Waals surface area contributed by atoms with Crippen LogP contribution in [0, 0.1) is 11.3 Å². The van der Waals surface area contributed by atoms with Crippen molar-refractivity contribution < 1.29 is 9.90 Å². The molecule has 1 aromatic carbocycles. The van der Waals surface area contributed by atoms with Gasteiger partial charge in [0.25, 0.3) is 0 Å². The number of carboxylic acids is 1. The highest BCUT2D eigenvalue weighted by Crippen LogP contribution is 2.49. The lowest BCUT2D eigenvalue weighted by Gasteiger charge is -2.23. The summed E-state index contributed by atoms with van der Waals surface area (Å²) in [5.41, 5.74) is 2.19. The molecule has 3 nitrogen and oxygen atoms in total. The van der Waals surface area contributed by atoms with Crippen LogP contribution in [-0.2, 0) is 17.8 Å². The fourth-order valence-corrected chi connectivity index (χ4v) is 4.00. The number of rotatable bonds is 4. The van der Waals surface area contributed by atoms with E-state index in [4.69, 9.17) is 0 Å². The van der Waals surface area contributed by atoms with E-state index in [0.717, 1.165) is 45.3 Å². The summed E-state index contributed by atoms with van der Waals surface area (Å²) in [4.78, 5) is 14.0. The number of likely N-dealkylation sites (tertiary alicyclic amines) is 1. The summed E-state index contributed by atoms with van der Waals surface area (Å²) in [7, 11) is 0. The molecule has 0 radical (unpaired) electrons. The van der Waals surface area contributed by atoms with Crippen LogP contribution in [0.15, 0.2) is 24.3 Å². The second kappa shape index (κ2) is 5.21. The number of carbonyl (C=O) groups is 1. The monoisotopic (exact) mass is 273 g/mol. The Morgan fingerprint density at radius 2 is 2.05 bits per heavy atom. The van der Waals surface area contributed by atoms with Gasteiger partial charge in [-0.1, -0.05) is 37.6 Å². The zero-order chi connectivity index (χ0) is 14.2. The quantitative estimate of drug-likeness (QED) is 0.917. The van der Waals surface area contributed by atoms with Gasteiger partial charge in [0.05, 0.1) is 5.41 Å². The third-order valence-electron chi connectivity index (χ3n) is 5.20. The summed E-state index contributed by atoms with van der Waals surface area (Å²) in [5.74, 6) is -0.223. The normalized spacial score (nSPS) is 29.6. The lowest BCUT2D eigenvalue weighted by molar-refractivity contribution is -0.149. The molecule has 0 amide bonds. The highest BCUT2D eigenvalue weighted by atomic mass is 16.4. The molecule has 1 heterocycles. The largest absolute Gasteiger partial charge is 0.481 e. The number of nitrogens with zero attached hydrogens (tertiary/aromatic N) is 1. The van der Waals surface area contributed by atoms with Crippen molar-refractivity contribution in [2.24, 2.45) is 11.3 Å². The third-order valence-corrected chi connectivity index (χ3v) is 5.20. The van der Waals surface area contributed by atoms with Crippen molar-refractivity contribution in [2.45, 2.75) is 39.2 Å². The Labute approximate surface area is 120 Å². The van der Waals surface area contributed by atoms with Gasteiger partial charge in [-0.2, -0.15) is 0 Å². The highest BCUT2D eigenvalue weighted by Gasteiger charge is 2.54. The van der Waals surface area contributed by atoms with Gasteiger partial charge in [0, 0.05) is 19.6 Å². The molecule has 108 valence electrons. The fourth-order valence-electron chi connectivity index (χ4n) is 4.00. The van der Waals surface area contributed by atoms with Crippen molar-refractivity contribution in [1.29, 1.82) is 0 Å². The van der Waals surface area contributed by atoms with Crippen LogP contribution in [0.2, 0.25) is 0 Å². The lowest BCUT2D eigenvalue weighted by Crippen LogP contribution is -2.35. The Kier molecular flexibility index (Phi) is 3.55. The molecule has 1 aliphatic carbocycles. The van der Waals surface area contributed by atoms with Crippen molar-refractivity contribution in [3.05, 3.63) is 35.4 Å². The zero-order valence-corrected chi connectivity index (χ0v) is 12.1. The van der Waals surface area contributed by atoms with E-state index in [0.29, 0.717) is 5.92 Å². The molecule has 1 N–H and O–H groups in total. The van der Waals surface area contributed by atoms with Gasteiger partial charge in [-0.15, -0.1) is 0 Å². The first-order chi connectivity index (χ1) is 9.64. The van der Waals surface area contributed by atoms with Gasteiger partial charge in [0.2, 0.25) is 0 Å². The lowest BCUT2D eigenvalue weighted by atomic mass is 9.81. The maximum absolute atomic E-state index is 11.7. The molecule has 2 fully saturated rings. The molecular weight excluding hydrogens is 250 g/mol. The van der Waals surface area contributed by atoms with Crippen molar-refractivity contribution in [1.82, 2.24) is 4.90 Å². The predicted molar refractivity (Wildman–Crippen MR) is 78.5 cm³/mol. The maximum Gasteiger partial charge on any atom is 0.311 e. The number of aryl methyl sites for hydroxylation is 1. The minimum atomic E-state index is -0.580. The topological polar surface area (TPSA) is 40.5 Å². The summed E-state index contributed by atoms with van der Waals surface area (Å²) in [6.07, 6.45) is 4.08. The average Bonchev–Trinajstić information content (AvgIpc) is 2.97. The van der Waals surface area contributed by atoms with Gasteiger partial charge in [-0.05, 0) is 36.3 Å². The Morgan fingerprint density at radius 1 is 1.35 bits per heavy atom. The molecule has 0 spiro atoms. The first kappa shape index (κ1) is 13.6. The van der Waals surface area contributed by atoms with Crippen LogP contribution < -0.4 is 0 Å². The van der Waals surface area contributed by atoms with E-state index in [2.05, 4.69) is 36.1 Å². The number of carboxylic acid groups (broad SMARTS) is 1. The highest BCUT2D eigenvalue weighted by molar-refractivity contribution is 5.76. The van der Waals surface area contributed by atoms with Crippen molar-refractivity contribution >= 4 is 5.97 Å². The smallest absolute Gasteiger partial charge is 0.311 e. The van der Waals surface area contributed by atoms with E-state index in [1.54, 1.807) is 0 Å². The van der Waals surface area contributed by atoms with Crippen molar-refractivity contribution in [3.8, 4) is 0 Å². The summed E-state index contributed by atoms with van der Waals surface area (Å²) >= 11 is 0. The molecule has 0 bridgehead atoms. The Bertz CT molecular complexity index is 496. The van der Waals surface area contributed by atoms with Crippen LogP contribution >= 0.6 is 0 Å². The van der Waals surface area contributed by atoms with Crippen molar-refractivity contribution in [3.63, 3.8) is 0 Å². The molecular formula is C17H23NO2. The van der Waals surface area contributed by atoms with Gasteiger partial charge < -0.3 is 5.11 Å². The van der Waals surface area contributed by atoms with E-state index < -0.39 is 11.4 Å². The molecule has 1 aliphatic heterocycles. The van der Waals surface area contributed by atoms with E-state index in [-0.39, 0.29) is 0 Å². The zero-order valence-electron chi connectivity index (χ0n) is 12.1. The second-order valence-corrected chi connectivity index (χ2v) is 6.39. The third kappa shape index (κ3) is 2.24. The summed E-state index contributed by atoms with van der Waals surface area (Å²) < 4.78 is 0. The van der Waals surface area contributed by atoms with Crippen LogP contribution in [0.5, 0.6) is 0 Å². The molecule has 0 unspecified atom stereocenters. The number of benzene rings is 1. The van der Waals surface area contributed by atoms with Crippen LogP contribution in [-0.4, -0.2) is 29.1 Å². The Morgan fingerprint density at radius 3 is 2.65 bits per heavy atom.